The molecule has 0 amide bonds. The van der Waals surface area contributed by atoms with Gasteiger partial charge in [-0.1, -0.05) is 5.16 Å². The fraction of sp³-hybridized carbons (Fsp3) is 0.100. The van der Waals surface area contributed by atoms with Crippen LogP contribution in [-0.2, 0) is 6.54 Å². The molecule has 0 unspecified atom stereocenters. The number of hydrogen-bond acceptors (Lipinski definition) is 4. The van der Waals surface area contributed by atoms with E-state index in [9.17, 15) is 9.18 Å². The molecule has 2 rings (SSSR count). The maximum atomic E-state index is 12.7. The van der Waals surface area contributed by atoms with Crippen LogP contribution in [-0.4, -0.2) is 9.72 Å². The molecule has 0 aliphatic carbocycles. The largest absolute Gasteiger partial charge is 0.442 e. The highest BCUT2D eigenvalue weighted by molar-refractivity contribution is 5.54. The molecule has 0 saturated heterocycles. The van der Waals surface area contributed by atoms with Crippen molar-refractivity contribution in [3.8, 4) is 17.5 Å². The van der Waals surface area contributed by atoms with Gasteiger partial charge in [0.15, 0.2) is 5.82 Å². The van der Waals surface area contributed by atoms with Gasteiger partial charge in [-0.25, -0.2) is 13.8 Å². The molecule has 0 spiro atoms. The van der Waals surface area contributed by atoms with E-state index >= 15 is 0 Å². The number of hydrogen-bond donors (Lipinski definition) is 0. The number of benzene rings is 1. The third kappa shape index (κ3) is 1.70. The highest BCUT2D eigenvalue weighted by Gasteiger charge is 2.11. The minimum absolute atomic E-state index is 0.158. The highest BCUT2D eigenvalue weighted by atomic mass is 19.1. The summed E-state index contributed by atoms with van der Waals surface area (Å²) >= 11 is 0. The van der Waals surface area contributed by atoms with E-state index in [0.29, 0.717) is 5.56 Å². The molecule has 0 N–H and O–H groups in total. The van der Waals surface area contributed by atoms with Gasteiger partial charge in [0.25, 0.3) is 0 Å². The van der Waals surface area contributed by atoms with Crippen molar-refractivity contribution in [1.82, 2.24) is 9.72 Å². The molecule has 16 heavy (non-hydrogen) atoms. The van der Waals surface area contributed by atoms with Crippen LogP contribution >= 0.6 is 0 Å². The molecule has 0 atom stereocenters. The van der Waals surface area contributed by atoms with E-state index in [4.69, 9.17) is 5.26 Å². The summed E-state index contributed by atoms with van der Waals surface area (Å²) in [6.07, 6.45) is 0. The Hall–Kier alpha value is -2.42. The molecule has 2 aromatic rings. The van der Waals surface area contributed by atoms with Gasteiger partial charge in [-0.2, -0.15) is 5.26 Å². The lowest BCUT2D eigenvalue weighted by atomic mass is 10.2. The van der Waals surface area contributed by atoms with Crippen molar-refractivity contribution in [3.63, 3.8) is 0 Å². The quantitative estimate of drug-likeness (QED) is 0.759. The molecule has 0 bridgehead atoms. The molecular weight excluding hydrogens is 213 g/mol. The Labute approximate surface area is 89.3 Å². The van der Waals surface area contributed by atoms with E-state index in [1.54, 1.807) is 0 Å². The summed E-state index contributed by atoms with van der Waals surface area (Å²) in [7, 11) is 0. The van der Waals surface area contributed by atoms with Crippen molar-refractivity contribution in [2.75, 3.05) is 0 Å². The van der Waals surface area contributed by atoms with Crippen LogP contribution in [0, 0.1) is 17.1 Å². The molecule has 0 aliphatic rings. The van der Waals surface area contributed by atoms with Gasteiger partial charge in [0.2, 0.25) is 0 Å². The smallest absolute Gasteiger partial charge is 0.295 e. The van der Waals surface area contributed by atoms with Crippen molar-refractivity contribution in [1.29, 1.82) is 5.26 Å². The van der Waals surface area contributed by atoms with Gasteiger partial charge < -0.3 is 0 Å². The minimum Gasteiger partial charge on any atom is -0.295 e. The second-order valence-corrected chi connectivity index (χ2v) is 3.02. The molecule has 0 saturated carbocycles. The van der Waals surface area contributed by atoms with Crippen LogP contribution in [0.15, 0.2) is 33.6 Å². The van der Waals surface area contributed by atoms with Gasteiger partial charge in [0, 0.05) is 5.56 Å². The van der Waals surface area contributed by atoms with Gasteiger partial charge in [-0.05, 0) is 24.3 Å². The molecule has 0 radical (unpaired) electrons. The van der Waals surface area contributed by atoms with E-state index in [-0.39, 0.29) is 18.2 Å². The first kappa shape index (κ1) is 10.1. The molecular formula is C10H6FN3O2. The van der Waals surface area contributed by atoms with Crippen LogP contribution in [0.1, 0.15) is 0 Å². The number of nitriles is 1. The third-order valence-electron chi connectivity index (χ3n) is 2.02. The fourth-order valence-electron chi connectivity index (χ4n) is 1.28. The van der Waals surface area contributed by atoms with E-state index < -0.39 is 5.76 Å². The van der Waals surface area contributed by atoms with Crippen LogP contribution in [0.5, 0.6) is 0 Å². The van der Waals surface area contributed by atoms with Crippen molar-refractivity contribution in [2.24, 2.45) is 0 Å². The molecule has 1 heterocycles. The van der Waals surface area contributed by atoms with Gasteiger partial charge >= 0.3 is 5.76 Å². The summed E-state index contributed by atoms with van der Waals surface area (Å²) in [6.45, 7) is -0.158. The molecule has 0 aliphatic heterocycles. The monoisotopic (exact) mass is 219 g/mol. The zero-order valence-electron chi connectivity index (χ0n) is 8.05. The first-order chi connectivity index (χ1) is 7.72. The average Bonchev–Trinajstić information content (AvgIpc) is 2.63. The summed E-state index contributed by atoms with van der Waals surface area (Å²) in [6, 6.07) is 7.22. The molecule has 0 fully saturated rings. The topological polar surface area (TPSA) is 71.8 Å². The highest BCUT2D eigenvalue weighted by Crippen LogP contribution is 2.15. The Bertz CT molecular complexity index is 592. The van der Waals surface area contributed by atoms with Crippen LogP contribution in [0.4, 0.5) is 4.39 Å². The van der Waals surface area contributed by atoms with Crippen LogP contribution in [0.2, 0.25) is 0 Å². The van der Waals surface area contributed by atoms with E-state index in [1.807, 2.05) is 6.07 Å². The minimum atomic E-state index is -0.708. The van der Waals surface area contributed by atoms with Crippen LogP contribution < -0.4 is 5.76 Å². The number of halogens is 1. The zero-order valence-corrected chi connectivity index (χ0v) is 8.05. The second kappa shape index (κ2) is 3.98. The molecule has 1 aromatic heterocycles. The normalized spacial score (nSPS) is 10.0. The maximum absolute atomic E-state index is 12.7. The predicted molar refractivity (Wildman–Crippen MR) is 51.8 cm³/mol. The van der Waals surface area contributed by atoms with Crippen molar-refractivity contribution in [2.45, 2.75) is 6.54 Å². The van der Waals surface area contributed by atoms with Gasteiger partial charge in [0.05, 0.1) is 6.07 Å². The Morgan fingerprint density at radius 1 is 1.44 bits per heavy atom. The number of aromatic nitrogens is 2. The SMILES string of the molecule is N#CCn1c(-c2ccc(F)cc2)noc1=O. The molecule has 80 valence electrons. The van der Waals surface area contributed by atoms with Gasteiger partial charge in [-0.15, -0.1) is 0 Å². The summed E-state index contributed by atoms with van der Waals surface area (Å²) in [5, 5.41) is 12.1. The Balaban J connectivity index is 2.52. The lowest BCUT2D eigenvalue weighted by molar-refractivity contribution is 0.379. The number of nitrogens with zero attached hydrogens (tertiary/aromatic N) is 3. The second-order valence-electron chi connectivity index (χ2n) is 3.02. The summed E-state index contributed by atoms with van der Waals surface area (Å²) in [5.74, 6) is -0.881. The zero-order chi connectivity index (χ0) is 11.5. The first-order valence-electron chi connectivity index (χ1n) is 4.42. The Kier molecular flexibility index (Phi) is 2.52. The van der Waals surface area contributed by atoms with Gasteiger partial charge in [-0.3, -0.25) is 4.52 Å². The lowest BCUT2D eigenvalue weighted by Gasteiger charge is -1.99. The van der Waals surface area contributed by atoms with Crippen molar-refractivity contribution in [3.05, 3.63) is 40.6 Å². The summed E-state index contributed by atoms with van der Waals surface area (Å²) < 4.78 is 18.2. The van der Waals surface area contributed by atoms with Crippen LogP contribution in [0.3, 0.4) is 0 Å². The fourth-order valence-corrected chi connectivity index (χ4v) is 1.28. The van der Waals surface area contributed by atoms with E-state index in [1.165, 1.54) is 24.3 Å². The van der Waals surface area contributed by atoms with Crippen molar-refractivity contribution >= 4 is 0 Å². The first-order valence-corrected chi connectivity index (χ1v) is 4.42. The Morgan fingerprint density at radius 2 is 2.12 bits per heavy atom. The van der Waals surface area contributed by atoms with Crippen LogP contribution in [0.25, 0.3) is 11.4 Å². The lowest BCUT2D eigenvalue weighted by Crippen LogP contribution is -2.14. The predicted octanol–water partition coefficient (Wildman–Crippen LogP) is 1.17. The standard InChI is InChI=1S/C10H6FN3O2/c11-8-3-1-7(2-4-8)9-13-16-10(15)14(9)6-5-12/h1-4H,6H2. The maximum Gasteiger partial charge on any atom is 0.442 e. The van der Waals surface area contributed by atoms with Gasteiger partial charge in [0.1, 0.15) is 12.4 Å². The number of rotatable bonds is 2. The summed E-state index contributed by atoms with van der Waals surface area (Å²) in [5.41, 5.74) is 0.516. The van der Waals surface area contributed by atoms with E-state index in [0.717, 1.165) is 4.57 Å². The molecule has 1 aromatic carbocycles. The third-order valence-corrected chi connectivity index (χ3v) is 2.02. The molecule has 5 nitrogen and oxygen atoms in total. The summed E-state index contributed by atoms with van der Waals surface area (Å²) in [4.78, 5) is 11.2. The average molecular weight is 219 g/mol. The van der Waals surface area contributed by atoms with E-state index in [2.05, 4.69) is 9.68 Å². The van der Waals surface area contributed by atoms with Crippen molar-refractivity contribution < 1.29 is 8.91 Å². The molecule has 6 heteroatoms. The Morgan fingerprint density at radius 3 is 2.75 bits per heavy atom.